The third-order valence-electron chi connectivity index (χ3n) is 1.99. The molecule has 1 fully saturated rings. The Morgan fingerprint density at radius 2 is 2.62 bits per heavy atom. The predicted octanol–water partition coefficient (Wildman–Crippen LogP) is 0.696. The second kappa shape index (κ2) is 3.06. The molecule has 1 amide bonds. The number of fused-ring (bicyclic) bond motifs is 1. The maximum Gasteiger partial charge on any atom is 0.355 e. The van der Waals surface area contributed by atoms with Gasteiger partial charge in [-0.05, 0) is 6.92 Å². The SMILES string of the molecule is CCOC(=O)C1=CS[C@@H]2CC(=O)N12. The lowest BCUT2D eigenvalue weighted by Gasteiger charge is -2.34. The largest absolute Gasteiger partial charge is 0.461 e. The molecule has 0 saturated carbocycles. The monoisotopic (exact) mass is 199 g/mol. The number of rotatable bonds is 2. The van der Waals surface area contributed by atoms with Crippen molar-refractivity contribution in [1.29, 1.82) is 0 Å². The van der Waals surface area contributed by atoms with Crippen LogP contribution in [-0.4, -0.2) is 28.8 Å². The Labute approximate surface area is 79.9 Å². The average Bonchev–Trinajstić information content (AvgIpc) is 2.42. The summed E-state index contributed by atoms with van der Waals surface area (Å²) < 4.78 is 4.81. The smallest absolute Gasteiger partial charge is 0.355 e. The number of carbonyl (C=O) groups excluding carboxylic acids is 2. The second-order valence-electron chi connectivity index (χ2n) is 2.78. The summed E-state index contributed by atoms with van der Waals surface area (Å²) in [6.07, 6.45) is 0.532. The minimum Gasteiger partial charge on any atom is -0.461 e. The molecule has 0 aliphatic carbocycles. The standard InChI is InChI=1S/C8H9NO3S/c1-2-12-8(11)5-4-13-7-3-6(10)9(5)7/h4,7H,2-3H2,1H3/t7-/m1/s1. The normalized spacial score (nSPS) is 25.0. The van der Waals surface area contributed by atoms with Crippen LogP contribution in [0.3, 0.4) is 0 Å². The van der Waals surface area contributed by atoms with Gasteiger partial charge in [-0.2, -0.15) is 0 Å². The molecule has 2 aliphatic rings. The van der Waals surface area contributed by atoms with Gasteiger partial charge in [-0.1, -0.05) is 0 Å². The van der Waals surface area contributed by atoms with Gasteiger partial charge in [-0.15, -0.1) is 11.8 Å². The molecule has 0 aromatic carbocycles. The summed E-state index contributed by atoms with van der Waals surface area (Å²) in [6.45, 7) is 2.09. The molecule has 2 rings (SSSR count). The highest BCUT2D eigenvalue weighted by molar-refractivity contribution is 8.03. The van der Waals surface area contributed by atoms with Crippen molar-refractivity contribution in [3.8, 4) is 0 Å². The van der Waals surface area contributed by atoms with Crippen molar-refractivity contribution in [2.45, 2.75) is 18.7 Å². The fourth-order valence-electron chi connectivity index (χ4n) is 1.34. The van der Waals surface area contributed by atoms with E-state index in [9.17, 15) is 9.59 Å². The summed E-state index contributed by atoms with van der Waals surface area (Å²) in [5.74, 6) is -0.389. The van der Waals surface area contributed by atoms with Crippen LogP contribution in [0.15, 0.2) is 11.1 Å². The van der Waals surface area contributed by atoms with Crippen LogP contribution < -0.4 is 0 Å². The van der Waals surface area contributed by atoms with Crippen molar-refractivity contribution < 1.29 is 14.3 Å². The van der Waals surface area contributed by atoms with Crippen LogP contribution in [0.25, 0.3) is 0 Å². The number of amides is 1. The van der Waals surface area contributed by atoms with Gasteiger partial charge in [0.25, 0.3) is 0 Å². The summed E-state index contributed by atoms with van der Waals surface area (Å²) in [4.78, 5) is 23.9. The van der Waals surface area contributed by atoms with E-state index in [2.05, 4.69) is 0 Å². The lowest BCUT2D eigenvalue weighted by molar-refractivity contribution is -0.148. The highest BCUT2D eigenvalue weighted by Gasteiger charge is 2.45. The second-order valence-corrected chi connectivity index (χ2v) is 3.83. The minimum absolute atomic E-state index is 0.00861. The van der Waals surface area contributed by atoms with E-state index in [4.69, 9.17) is 4.74 Å². The van der Waals surface area contributed by atoms with Gasteiger partial charge >= 0.3 is 5.97 Å². The van der Waals surface area contributed by atoms with Crippen LogP contribution in [0, 0.1) is 0 Å². The maximum atomic E-state index is 11.3. The zero-order chi connectivity index (χ0) is 9.42. The number of esters is 1. The van der Waals surface area contributed by atoms with E-state index in [-0.39, 0.29) is 11.3 Å². The Hall–Kier alpha value is -0.970. The summed E-state index contributed by atoms with van der Waals surface area (Å²) in [5.41, 5.74) is 0.396. The molecule has 0 radical (unpaired) electrons. The number of nitrogens with zero attached hydrogens (tertiary/aromatic N) is 1. The molecule has 5 heteroatoms. The third-order valence-corrected chi connectivity index (χ3v) is 3.04. The predicted molar refractivity (Wildman–Crippen MR) is 47.6 cm³/mol. The van der Waals surface area contributed by atoms with Crippen molar-refractivity contribution in [2.75, 3.05) is 6.61 Å². The molecule has 0 spiro atoms. The van der Waals surface area contributed by atoms with E-state index in [1.54, 1.807) is 12.3 Å². The highest BCUT2D eigenvalue weighted by atomic mass is 32.2. The number of hydrogen-bond donors (Lipinski definition) is 0. The van der Waals surface area contributed by atoms with Crippen molar-refractivity contribution >= 4 is 23.6 Å². The Kier molecular flexibility index (Phi) is 2.03. The molecular weight excluding hydrogens is 190 g/mol. The molecule has 70 valence electrons. The van der Waals surface area contributed by atoms with Gasteiger partial charge in [0.05, 0.1) is 18.4 Å². The summed E-state index contributed by atoms with van der Waals surface area (Å²) in [5, 5.41) is 1.85. The van der Waals surface area contributed by atoms with E-state index < -0.39 is 5.97 Å². The number of hydrogen-bond acceptors (Lipinski definition) is 4. The van der Waals surface area contributed by atoms with E-state index >= 15 is 0 Å². The summed E-state index contributed by atoms with van der Waals surface area (Å²) in [6, 6.07) is 0. The van der Waals surface area contributed by atoms with Crippen LogP contribution >= 0.6 is 11.8 Å². The molecule has 0 N–H and O–H groups in total. The van der Waals surface area contributed by atoms with Gasteiger partial charge < -0.3 is 4.74 Å². The van der Waals surface area contributed by atoms with Crippen molar-refractivity contribution in [2.24, 2.45) is 0 Å². The molecule has 1 atom stereocenters. The molecule has 0 aromatic heterocycles. The van der Waals surface area contributed by atoms with E-state index in [0.717, 1.165) is 0 Å². The summed E-state index contributed by atoms with van der Waals surface area (Å²) >= 11 is 1.50. The van der Waals surface area contributed by atoms with E-state index in [1.807, 2.05) is 0 Å². The van der Waals surface area contributed by atoms with Gasteiger partial charge in [-0.3, -0.25) is 9.69 Å². The van der Waals surface area contributed by atoms with Crippen molar-refractivity contribution in [3.05, 3.63) is 11.1 Å². The molecule has 0 bridgehead atoms. The Morgan fingerprint density at radius 1 is 1.85 bits per heavy atom. The topological polar surface area (TPSA) is 46.6 Å². The van der Waals surface area contributed by atoms with Gasteiger partial charge in [0, 0.05) is 5.41 Å². The molecular formula is C8H9NO3S. The Morgan fingerprint density at radius 3 is 3.23 bits per heavy atom. The van der Waals surface area contributed by atoms with Gasteiger partial charge in [0.15, 0.2) is 0 Å². The number of β-lactam (4-membered cyclic amide) rings is 1. The van der Waals surface area contributed by atoms with Crippen LogP contribution in [0.2, 0.25) is 0 Å². The minimum atomic E-state index is -0.398. The fourth-order valence-corrected chi connectivity index (χ4v) is 2.42. The molecule has 4 nitrogen and oxygen atoms in total. The molecule has 2 aliphatic heterocycles. The van der Waals surface area contributed by atoms with Crippen molar-refractivity contribution in [3.63, 3.8) is 0 Å². The van der Waals surface area contributed by atoms with Crippen LogP contribution in [-0.2, 0) is 14.3 Å². The molecule has 0 aromatic rings. The summed E-state index contributed by atoms with van der Waals surface area (Å²) in [7, 11) is 0. The van der Waals surface area contributed by atoms with Gasteiger partial charge in [0.2, 0.25) is 5.91 Å². The average molecular weight is 199 g/mol. The quantitative estimate of drug-likeness (QED) is 0.485. The van der Waals surface area contributed by atoms with Gasteiger partial charge in [-0.25, -0.2) is 4.79 Å². The van der Waals surface area contributed by atoms with Crippen LogP contribution in [0.5, 0.6) is 0 Å². The number of ether oxygens (including phenoxy) is 1. The van der Waals surface area contributed by atoms with Crippen LogP contribution in [0.4, 0.5) is 0 Å². The first-order chi connectivity index (χ1) is 6.24. The first-order valence-electron chi connectivity index (χ1n) is 4.09. The van der Waals surface area contributed by atoms with E-state index in [0.29, 0.717) is 18.7 Å². The zero-order valence-electron chi connectivity index (χ0n) is 7.15. The number of carbonyl (C=O) groups is 2. The highest BCUT2D eigenvalue weighted by Crippen LogP contribution is 2.40. The first-order valence-corrected chi connectivity index (χ1v) is 5.03. The van der Waals surface area contributed by atoms with Gasteiger partial charge in [0.1, 0.15) is 5.70 Å². The Balaban J connectivity index is 2.08. The van der Waals surface area contributed by atoms with Crippen LogP contribution in [0.1, 0.15) is 13.3 Å². The number of thioether (sulfide) groups is 1. The fraction of sp³-hybridized carbons (Fsp3) is 0.500. The molecule has 13 heavy (non-hydrogen) atoms. The van der Waals surface area contributed by atoms with E-state index in [1.165, 1.54) is 16.7 Å². The molecule has 2 heterocycles. The Bertz CT molecular complexity index is 300. The lowest BCUT2D eigenvalue weighted by atomic mass is 10.2. The third kappa shape index (κ3) is 1.23. The molecule has 1 saturated heterocycles. The molecule has 0 unspecified atom stereocenters. The maximum absolute atomic E-state index is 11.3. The first kappa shape index (κ1) is 8.62. The lowest BCUT2D eigenvalue weighted by Crippen LogP contribution is -2.48. The zero-order valence-corrected chi connectivity index (χ0v) is 7.97. The van der Waals surface area contributed by atoms with Crippen molar-refractivity contribution in [1.82, 2.24) is 4.90 Å².